The van der Waals surface area contributed by atoms with Crippen molar-refractivity contribution in [1.29, 1.82) is 0 Å². The third-order valence-electron chi connectivity index (χ3n) is 1.99. The van der Waals surface area contributed by atoms with Gasteiger partial charge < -0.3 is 14.8 Å². The summed E-state index contributed by atoms with van der Waals surface area (Å²) in [4.78, 5) is 10.8. The first-order chi connectivity index (χ1) is 7.24. The van der Waals surface area contributed by atoms with E-state index < -0.39 is 0 Å². The van der Waals surface area contributed by atoms with Crippen LogP contribution in [0.5, 0.6) is 5.75 Å². The van der Waals surface area contributed by atoms with Crippen LogP contribution in [-0.4, -0.2) is 25.2 Å². The lowest BCUT2D eigenvalue weighted by Crippen LogP contribution is -2.07. The van der Waals surface area contributed by atoms with Crippen LogP contribution in [0.3, 0.4) is 0 Å². The summed E-state index contributed by atoms with van der Waals surface area (Å²) < 4.78 is 10.5. The van der Waals surface area contributed by atoms with Gasteiger partial charge in [-0.1, -0.05) is 6.07 Å². The molecule has 15 heavy (non-hydrogen) atoms. The minimum Gasteiger partial charge on any atom is -0.491 e. The Morgan fingerprint density at radius 1 is 1.67 bits per heavy atom. The molecule has 1 atom stereocenters. The Labute approximate surface area is 88.2 Å². The van der Waals surface area contributed by atoms with Crippen LogP contribution in [0.25, 0.3) is 0 Å². The second kappa shape index (κ2) is 4.31. The Kier molecular flexibility index (Phi) is 2.87. The third-order valence-corrected chi connectivity index (χ3v) is 1.99. The standard InChI is InChI=1S/C11H13NO3/c1-8(13)12-9-3-2-4-10(5-9)14-6-11-7-15-11/h2-5,11H,6-7H2,1H3,(H,12,13). The first kappa shape index (κ1) is 9.98. The van der Waals surface area contributed by atoms with Crippen molar-refractivity contribution in [1.82, 2.24) is 0 Å². The lowest BCUT2D eigenvalue weighted by Gasteiger charge is -2.06. The van der Waals surface area contributed by atoms with E-state index in [9.17, 15) is 4.79 Å². The predicted molar refractivity (Wildman–Crippen MR) is 56.0 cm³/mol. The molecule has 1 aliphatic heterocycles. The van der Waals surface area contributed by atoms with Gasteiger partial charge in [-0.2, -0.15) is 0 Å². The molecule has 1 aromatic carbocycles. The molecule has 1 aliphatic rings. The second-order valence-corrected chi connectivity index (χ2v) is 3.48. The van der Waals surface area contributed by atoms with Gasteiger partial charge in [-0.05, 0) is 12.1 Å². The lowest BCUT2D eigenvalue weighted by atomic mass is 10.3. The van der Waals surface area contributed by atoms with E-state index in [1.165, 1.54) is 6.92 Å². The molecule has 1 amide bonds. The third kappa shape index (κ3) is 3.25. The van der Waals surface area contributed by atoms with Crippen LogP contribution in [0.2, 0.25) is 0 Å². The largest absolute Gasteiger partial charge is 0.491 e. The second-order valence-electron chi connectivity index (χ2n) is 3.48. The molecule has 1 heterocycles. The van der Waals surface area contributed by atoms with E-state index in [1.54, 1.807) is 6.07 Å². The number of carbonyl (C=O) groups is 1. The average molecular weight is 207 g/mol. The molecule has 0 bridgehead atoms. The van der Waals surface area contributed by atoms with Gasteiger partial charge in [-0.15, -0.1) is 0 Å². The summed E-state index contributed by atoms with van der Waals surface area (Å²) in [5, 5.41) is 2.70. The molecule has 4 nitrogen and oxygen atoms in total. The van der Waals surface area contributed by atoms with Crippen molar-refractivity contribution >= 4 is 11.6 Å². The molecule has 2 rings (SSSR count). The summed E-state index contributed by atoms with van der Waals surface area (Å²) in [6.07, 6.45) is 0.245. The highest BCUT2D eigenvalue weighted by Gasteiger charge is 2.22. The number of ether oxygens (including phenoxy) is 2. The molecule has 0 aromatic heterocycles. The number of nitrogens with one attached hydrogen (secondary N) is 1. The number of amides is 1. The summed E-state index contributed by atoms with van der Waals surface area (Å²) in [7, 11) is 0. The minimum absolute atomic E-state index is 0.0855. The van der Waals surface area contributed by atoms with Crippen LogP contribution in [0.15, 0.2) is 24.3 Å². The first-order valence-electron chi connectivity index (χ1n) is 4.86. The Morgan fingerprint density at radius 2 is 2.47 bits per heavy atom. The molecule has 1 fully saturated rings. The molecule has 0 spiro atoms. The number of epoxide rings is 1. The average Bonchev–Trinajstić information content (AvgIpc) is 2.97. The highest BCUT2D eigenvalue weighted by molar-refractivity contribution is 5.88. The minimum atomic E-state index is -0.0855. The molecular weight excluding hydrogens is 194 g/mol. The normalized spacial score (nSPS) is 18.3. The van der Waals surface area contributed by atoms with Crippen molar-refractivity contribution in [2.24, 2.45) is 0 Å². The zero-order chi connectivity index (χ0) is 10.7. The monoisotopic (exact) mass is 207 g/mol. The van der Waals surface area contributed by atoms with Gasteiger partial charge in [0.1, 0.15) is 18.5 Å². The number of benzene rings is 1. The zero-order valence-electron chi connectivity index (χ0n) is 8.53. The van der Waals surface area contributed by atoms with Crippen LogP contribution >= 0.6 is 0 Å². The zero-order valence-corrected chi connectivity index (χ0v) is 8.53. The van der Waals surface area contributed by atoms with Gasteiger partial charge >= 0.3 is 0 Å². The van der Waals surface area contributed by atoms with E-state index in [0.29, 0.717) is 6.61 Å². The highest BCUT2D eigenvalue weighted by atomic mass is 16.6. The Balaban J connectivity index is 1.94. The quantitative estimate of drug-likeness (QED) is 0.760. The molecule has 0 saturated carbocycles. The highest BCUT2D eigenvalue weighted by Crippen LogP contribution is 2.19. The molecule has 1 saturated heterocycles. The SMILES string of the molecule is CC(=O)Nc1cccc(OCC2CO2)c1. The smallest absolute Gasteiger partial charge is 0.221 e. The van der Waals surface area contributed by atoms with Crippen LogP contribution < -0.4 is 10.1 Å². The van der Waals surface area contributed by atoms with Crippen LogP contribution in [-0.2, 0) is 9.53 Å². The summed E-state index contributed by atoms with van der Waals surface area (Å²) in [5.74, 6) is 0.662. The van der Waals surface area contributed by atoms with Gasteiger partial charge in [0.25, 0.3) is 0 Å². The van der Waals surface area contributed by atoms with Crippen LogP contribution in [0.4, 0.5) is 5.69 Å². The van der Waals surface area contributed by atoms with Crippen molar-refractivity contribution in [3.63, 3.8) is 0 Å². The fraction of sp³-hybridized carbons (Fsp3) is 0.364. The fourth-order valence-electron chi connectivity index (χ4n) is 1.22. The molecule has 1 unspecified atom stereocenters. The van der Waals surface area contributed by atoms with E-state index in [0.717, 1.165) is 18.0 Å². The predicted octanol–water partition coefficient (Wildman–Crippen LogP) is 1.42. The Morgan fingerprint density at radius 3 is 3.13 bits per heavy atom. The topological polar surface area (TPSA) is 50.9 Å². The molecule has 4 heteroatoms. The number of rotatable bonds is 4. The van der Waals surface area contributed by atoms with Crippen molar-refractivity contribution < 1.29 is 14.3 Å². The van der Waals surface area contributed by atoms with E-state index >= 15 is 0 Å². The summed E-state index contributed by atoms with van der Waals surface area (Å²) >= 11 is 0. The molecular formula is C11H13NO3. The molecule has 0 radical (unpaired) electrons. The number of anilines is 1. The molecule has 1 aromatic rings. The van der Waals surface area contributed by atoms with Gasteiger partial charge in [-0.3, -0.25) is 4.79 Å². The summed E-state index contributed by atoms with van der Waals surface area (Å²) in [6, 6.07) is 7.31. The Hall–Kier alpha value is -1.55. The maximum atomic E-state index is 10.8. The van der Waals surface area contributed by atoms with Gasteiger partial charge in [0.05, 0.1) is 6.61 Å². The van der Waals surface area contributed by atoms with Crippen LogP contribution in [0, 0.1) is 0 Å². The maximum Gasteiger partial charge on any atom is 0.221 e. The fourth-order valence-corrected chi connectivity index (χ4v) is 1.22. The van der Waals surface area contributed by atoms with Gasteiger partial charge in [0, 0.05) is 18.7 Å². The van der Waals surface area contributed by atoms with Crippen LogP contribution in [0.1, 0.15) is 6.92 Å². The summed E-state index contributed by atoms with van der Waals surface area (Å²) in [6.45, 7) is 2.83. The van der Waals surface area contributed by atoms with E-state index in [2.05, 4.69) is 5.32 Å². The number of carbonyl (C=O) groups excluding carboxylic acids is 1. The van der Waals surface area contributed by atoms with E-state index in [-0.39, 0.29) is 12.0 Å². The van der Waals surface area contributed by atoms with Crippen molar-refractivity contribution in [2.75, 3.05) is 18.5 Å². The van der Waals surface area contributed by atoms with Gasteiger partial charge in [0.15, 0.2) is 0 Å². The number of hydrogen-bond acceptors (Lipinski definition) is 3. The Bertz CT molecular complexity index is 361. The van der Waals surface area contributed by atoms with Crippen molar-refractivity contribution in [3.8, 4) is 5.75 Å². The van der Waals surface area contributed by atoms with Gasteiger partial charge in [0.2, 0.25) is 5.91 Å². The first-order valence-corrected chi connectivity index (χ1v) is 4.86. The van der Waals surface area contributed by atoms with E-state index in [1.807, 2.05) is 18.2 Å². The lowest BCUT2D eigenvalue weighted by molar-refractivity contribution is -0.114. The molecule has 80 valence electrons. The molecule has 0 aliphatic carbocycles. The van der Waals surface area contributed by atoms with Crippen molar-refractivity contribution in [2.45, 2.75) is 13.0 Å². The van der Waals surface area contributed by atoms with Crippen molar-refractivity contribution in [3.05, 3.63) is 24.3 Å². The van der Waals surface area contributed by atoms with Gasteiger partial charge in [-0.25, -0.2) is 0 Å². The summed E-state index contributed by atoms with van der Waals surface area (Å²) in [5.41, 5.74) is 0.747. The maximum absolute atomic E-state index is 10.8. The number of hydrogen-bond donors (Lipinski definition) is 1. The molecule has 1 N–H and O–H groups in total. The van der Waals surface area contributed by atoms with E-state index in [4.69, 9.17) is 9.47 Å².